The molecule has 0 atom stereocenters. The minimum absolute atomic E-state index is 0.388. The Morgan fingerprint density at radius 2 is 2.00 bits per heavy atom. The number of aryl methyl sites for hydroxylation is 1. The molecule has 1 aromatic heterocycles. The summed E-state index contributed by atoms with van der Waals surface area (Å²) in [6.45, 7) is 7.39. The highest BCUT2D eigenvalue weighted by Crippen LogP contribution is 2.31. The van der Waals surface area contributed by atoms with Crippen LogP contribution in [0.3, 0.4) is 0 Å². The molecule has 3 nitrogen and oxygen atoms in total. The number of hydrogen-bond donors (Lipinski definition) is 1. The third-order valence-corrected chi connectivity index (χ3v) is 4.94. The minimum atomic E-state index is -0.530. The average molecular weight is 343 g/mol. The van der Waals surface area contributed by atoms with Gasteiger partial charge in [-0.2, -0.15) is 0 Å². The summed E-state index contributed by atoms with van der Waals surface area (Å²) in [5.74, 6) is -0.594. The average Bonchev–Trinajstić information content (AvgIpc) is 2.60. The smallest absolute Gasteiger partial charge is 0.129 e. The third kappa shape index (κ3) is 3.81. The molecule has 0 unspecified atom stereocenters. The molecule has 1 saturated heterocycles. The summed E-state index contributed by atoms with van der Waals surface area (Å²) in [5.41, 5.74) is 10.1. The maximum atomic E-state index is 13.8. The monoisotopic (exact) mass is 343 g/mol. The van der Waals surface area contributed by atoms with E-state index in [0.717, 1.165) is 49.1 Å². The molecule has 1 aromatic carbocycles. The van der Waals surface area contributed by atoms with Gasteiger partial charge >= 0.3 is 0 Å². The molecule has 2 heterocycles. The van der Waals surface area contributed by atoms with Crippen LogP contribution in [0.2, 0.25) is 0 Å². The third-order valence-electron chi connectivity index (χ3n) is 4.94. The van der Waals surface area contributed by atoms with Gasteiger partial charge in [0.2, 0.25) is 0 Å². The maximum absolute atomic E-state index is 13.8. The number of nitrogens with two attached hydrogens (primary N) is 1. The Hall–Kier alpha value is -2.43. The zero-order valence-corrected chi connectivity index (χ0v) is 14.4. The van der Waals surface area contributed by atoms with Crippen LogP contribution in [-0.4, -0.2) is 18.1 Å². The fourth-order valence-corrected chi connectivity index (χ4v) is 3.43. The Balaban J connectivity index is 1.68. The van der Waals surface area contributed by atoms with E-state index in [9.17, 15) is 8.78 Å². The van der Waals surface area contributed by atoms with Crippen molar-refractivity contribution >= 4 is 17.5 Å². The van der Waals surface area contributed by atoms with Crippen molar-refractivity contribution in [3.63, 3.8) is 0 Å². The van der Waals surface area contributed by atoms with E-state index < -0.39 is 11.6 Å². The number of halogens is 2. The normalized spacial score (nSPS) is 15.4. The van der Waals surface area contributed by atoms with E-state index in [-0.39, 0.29) is 0 Å². The van der Waals surface area contributed by atoms with Crippen molar-refractivity contribution in [3.05, 3.63) is 59.4 Å². The van der Waals surface area contributed by atoms with Gasteiger partial charge in [-0.05, 0) is 55.9 Å². The van der Waals surface area contributed by atoms with Gasteiger partial charge in [-0.25, -0.2) is 8.78 Å². The molecule has 1 fully saturated rings. The summed E-state index contributed by atoms with van der Waals surface area (Å²) in [6.07, 6.45) is 4.25. The van der Waals surface area contributed by atoms with Crippen molar-refractivity contribution in [2.45, 2.75) is 26.2 Å². The molecule has 0 radical (unpaired) electrons. The first-order valence-corrected chi connectivity index (χ1v) is 8.56. The van der Waals surface area contributed by atoms with Crippen LogP contribution in [0, 0.1) is 24.5 Å². The lowest BCUT2D eigenvalue weighted by Gasteiger charge is -2.34. The maximum Gasteiger partial charge on any atom is 0.129 e. The van der Waals surface area contributed by atoms with Gasteiger partial charge in [0, 0.05) is 19.2 Å². The van der Waals surface area contributed by atoms with Gasteiger partial charge in [-0.3, -0.25) is 4.98 Å². The van der Waals surface area contributed by atoms with Gasteiger partial charge < -0.3 is 10.6 Å². The Morgan fingerprint density at radius 3 is 2.64 bits per heavy atom. The zero-order valence-electron chi connectivity index (χ0n) is 14.4. The molecule has 2 N–H and O–H groups in total. The predicted molar refractivity (Wildman–Crippen MR) is 98.5 cm³/mol. The van der Waals surface area contributed by atoms with Gasteiger partial charge in [0.1, 0.15) is 11.6 Å². The molecular formula is C20H23F2N3. The first kappa shape index (κ1) is 17.4. The van der Waals surface area contributed by atoms with Crippen LogP contribution in [-0.2, 0) is 6.42 Å². The number of nitrogens with zero attached hydrogens (tertiary/aromatic N) is 2. The molecule has 5 heteroatoms. The summed E-state index contributed by atoms with van der Waals surface area (Å²) in [7, 11) is 0. The van der Waals surface area contributed by atoms with E-state index in [1.54, 1.807) is 12.1 Å². The largest absolute Gasteiger partial charge is 0.396 e. The van der Waals surface area contributed by atoms with Crippen LogP contribution in [0.25, 0.3) is 6.08 Å². The van der Waals surface area contributed by atoms with Crippen LogP contribution < -0.4 is 10.6 Å². The Bertz CT molecular complexity index is 781. The number of hydrogen-bond acceptors (Lipinski definition) is 3. The molecule has 0 bridgehead atoms. The van der Waals surface area contributed by atoms with Crippen LogP contribution in [0.15, 0.2) is 30.8 Å². The molecular weight excluding hydrogens is 320 g/mol. The molecule has 25 heavy (non-hydrogen) atoms. The number of piperidine rings is 1. The summed E-state index contributed by atoms with van der Waals surface area (Å²) in [6, 6.07) is 5.80. The van der Waals surface area contributed by atoms with Crippen molar-refractivity contribution in [2.24, 2.45) is 5.92 Å². The number of aromatic nitrogens is 1. The fraction of sp³-hybridized carbons (Fsp3) is 0.350. The topological polar surface area (TPSA) is 42.1 Å². The zero-order chi connectivity index (χ0) is 18.0. The van der Waals surface area contributed by atoms with E-state index in [0.29, 0.717) is 23.6 Å². The quantitative estimate of drug-likeness (QED) is 0.897. The second-order valence-corrected chi connectivity index (χ2v) is 6.64. The number of nitrogen functional groups attached to an aromatic ring is 1. The highest BCUT2D eigenvalue weighted by Gasteiger charge is 2.23. The molecule has 1 aliphatic rings. The van der Waals surface area contributed by atoms with Crippen molar-refractivity contribution in [1.29, 1.82) is 0 Å². The second-order valence-electron chi connectivity index (χ2n) is 6.64. The molecule has 2 aromatic rings. The highest BCUT2D eigenvalue weighted by atomic mass is 19.1. The van der Waals surface area contributed by atoms with Crippen molar-refractivity contribution in [1.82, 2.24) is 4.98 Å². The van der Waals surface area contributed by atoms with E-state index in [4.69, 9.17) is 5.73 Å². The van der Waals surface area contributed by atoms with Crippen LogP contribution in [0.5, 0.6) is 0 Å². The van der Waals surface area contributed by atoms with E-state index in [2.05, 4.69) is 16.5 Å². The van der Waals surface area contributed by atoms with Crippen LogP contribution >= 0.6 is 0 Å². The van der Waals surface area contributed by atoms with E-state index in [1.807, 2.05) is 13.0 Å². The molecule has 0 spiro atoms. The second kappa shape index (κ2) is 7.21. The predicted octanol–water partition coefficient (Wildman–Crippen LogP) is 4.35. The number of benzene rings is 1. The number of anilines is 2. The lowest BCUT2D eigenvalue weighted by atomic mass is 9.89. The molecule has 0 amide bonds. The fourth-order valence-electron chi connectivity index (χ4n) is 3.43. The molecule has 132 valence electrons. The summed E-state index contributed by atoms with van der Waals surface area (Å²) in [4.78, 5) is 6.65. The first-order chi connectivity index (χ1) is 12.0. The Labute approximate surface area is 147 Å². The van der Waals surface area contributed by atoms with Crippen molar-refractivity contribution in [3.8, 4) is 0 Å². The van der Waals surface area contributed by atoms with Crippen LogP contribution in [0.1, 0.15) is 29.8 Å². The lowest BCUT2D eigenvalue weighted by Crippen LogP contribution is -2.35. The standard InChI is InChI=1S/C20H23F2N3/c1-3-17-12-19(20(23)13(2)24-17)25-8-6-14(7-9-25)10-15-4-5-16(21)11-18(15)22/h3-5,11-12,14H,1,6-10,23H2,2H3. The van der Waals surface area contributed by atoms with Gasteiger partial charge in [-0.15, -0.1) is 0 Å². The van der Waals surface area contributed by atoms with Gasteiger partial charge in [0.05, 0.1) is 22.8 Å². The van der Waals surface area contributed by atoms with Crippen LogP contribution in [0.4, 0.5) is 20.2 Å². The first-order valence-electron chi connectivity index (χ1n) is 8.56. The SMILES string of the molecule is C=Cc1cc(N2CCC(Cc3ccc(F)cc3F)CC2)c(N)c(C)n1. The molecule has 0 saturated carbocycles. The van der Waals surface area contributed by atoms with E-state index >= 15 is 0 Å². The molecule has 3 rings (SSSR count). The minimum Gasteiger partial charge on any atom is -0.396 e. The number of rotatable bonds is 4. The Kier molecular flexibility index (Phi) is 5.02. The van der Waals surface area contributed by atoms with Crippen molar-refractivity contribution < 1.29 is 8.78 Å². The summed E-state index contributed by atoms with van der Waals surface area (Å²) in [5, 5.41) is 0. The van der Waals surface area contributed by atoms with Gasteiger partial charge in [-0.1, -0.05) is 12.6 Å². The molecule has 0 aliphatic carbocycles. The summed E-state index contributed by atoms with van der Waals surface area (Å²) >= 11 is 0. The number of pyridine rings is 1. The highest BCUT2D eigenvalue weighted by molar-refractivity contribution is 5.72. The molecule has 1 aliphatic heterocycles. The van der Waals surface area contributed by atoms with Gasteiger partial charge in [0.15, 0.2) is 0 Å². The summed E-state index contributed by atoms with van der Waals surface area (Å²) < 4.78 is 26.9. The van der Waals surface area contributed by atoms with E-state index in [1.165, 1.54) is 6.07 Å². The lowest BCUT2D eigenvalue weighted by molar-refractivity contribution is 0.397. The Morgan fingerprint density at radius 1 is 1.28 bits per heavy atom. The van der Waals surface area contributed by atoms with Crippen molar-refractivity contribution in [2.75, 3.05) is 23.7 Å². The van der Waals surface area contributed by atoms with Gasteiger partial charge in [0.25, 0.3) is 0 Å².